The molecule has 1 spiro atoms. The Morgan fingerprint density at radius 3 is 2.50 bits per heavy atom. The highest BCUT2D eigenvalue weighted by atomic mass is 15.0. The molecule has 0 unspecified atom stereocenters. The average molecular weight is 168 g/mol. The normalized spacial score (nSPS) is 42.2. The molecule has 0 aromatic rings. The summed E-state index contributed by atoms with van der Waals surface area (Å²) in [6.45, 7) is 2.14. The van der Waals surface area contributed by atoms with Crippen molar-refractivity contribution in [1.82, 2.24) is 5.32 Å². The predicted molar refractivity (Wildman–Crippen MR) is 51.0 cm³/mol. The van der Waals surface area contributed by atoms with Crippen LogP contribution in [-0.4, -0.2) is 18.6 Å². The highest BCUT2D eigenvalue weighted by Gasteiger charge is 2.36. The average Bonchev–Trinajstić information content (AvgIpc) is 2.55. The summed E-state index contributed by atoms with van der Waals surface area (Å²) in [5.41, 5.74) is 6.22. The molecule has 0 aromatic heterocycles. The van der Waals surface area contributed by atoms with Crippen LogP contribution in [0.25, 0.3) is 0 Å². The lowest BCUT2D eigenvalue weighted by molar-refractivity contribution is 0.214. The third-order valence-corrected chi connectivity index (χ3v) is 3.73. The second-order valence-corrected chi connectivity index (χ2v) is 4.49. The Hall–Kier alpha value is -0.0800. The Labute approximate surface area is 74.9 Å². The first-order chi connectivity index (χ1) is 5.85. The van der Waals surface area contributed by atoms with Gasteiger partial charge in [0, 0.05) is 5.54 Å². The van der Waals surface area contributed by atoms with Crippen molar-refractivity contribution in [3.05, 3.63) is 0 Å². The summed E-state index contributed by atoms with van der Waals surface area (Å²) in [6.07, 6.45) is 8.23. The van der Waals surface area contributed by atoms with Gasteiger partial charge in [-0.3, -0.25) is 0 Å². The van der Waals surface area contributed by atoms with Crippen LogP contribution in [0.4, 0.5) is 0 Å². The summed E-state index contributed by atoms with van der Waals surface area (Å²) in [4.78, 5) is 0. The molecule has 70 valence electrons. The molecule has 2 heteroatoms. The van der Waals surface area contributed by atoms with Crippen molar-refractivity contribution in [3.8, 4) is 0 Å². The molecule has 1 saturated heterocycles. The number of rotatable bonds is 1. The van der Waals surface area contributed by atoms with E-state index in [1.807, 2.05) is 0 Å². The second kappa shape index (κ2) is 3.35. The fraction of sp³-hybridized carbons (Fsp3) is 1.00. The van der Waals surface area contributed by atoms with Crippen LogP contribution in [-0.2, 0) is 0 Å². The van der Waals surface area contributed by atoms with Gasteiger partial charge in [0.05, 0.1) is 0 Å². The number of hydrogen-bond donors (Lipinski definition) is 2. The van der Waals surface area contributed by atoms with Crippen LogP contribution in [0.1, 0.15) is 38.5 Å². The van der Waals surface area contributed by atoms with Gasteiger partial charge in [0.25, 0.3) is 0 Å². The van der Waals surface area contributed by atoms with Crippen molar-refractivity contribution >= 4 is 0 Å². The fourth-order valence-electron chi connectivity index (χ4n) is 2.76. The summed E-state index contributed by atoms with van der Waals surface area (Å²) in [5.74, 6) is 0.818. The first-order valence-corrected chi connectivity index (χ1v) is 5.30. The van der Waals surface area contributed by atoms with Gasteiger partial charge in [-0.05, 0) is 57.5 Å². The maximum atomic E-state index is 5.67. The first kappa shape index (κ1) is 8.52. The summed E-state index contributed by atoms with van der Waals surface area (Å²) >= 11 is 0. The van der Waals surface area contributed by atoms with E-state index in [1.165, 1.54) is 45.1 Å². The molecule has 1 saturated carbocycles. The number of hydrogen-bond acceptors (Lipinski definition) is 2. The van der Waals surface area contributed by atoms with Crippen LogP contribution in [0, 0.1) is 5.92 Å². The summed E-state index contributed by atoms with van der Waals surface area (Å²) in [6, 6.07) is 0. The van der Waals surface area contributed by atoms with Gasteiger partial charge in [-0.1, -0.05) is 0 Å². The summed E-state index contributed by atoms with van der Waals surface area (Å²) in [5, 5.41) is 3.68. The van der Waals surface area contributed by atoms with Gasteiger partial charge in [-0.2, -0.15) is 0 Å². The molecule has 1 heterocycles. The lowest BCUT2D eigenvalue weighted by atomic mass is 9.76. The zero-order chi connectivity index (χ0) is 8.44. The third-order valence-electron chi connectivity index (χ3n) is 3.73. The Kier molecular flexibility index (Phi) is 2.37. The van der Waals surface area contributed by atoms with Crippen LogP contribution in [0.3, 0.4) is 0 Å². The van der Waals surface area contributed by atoms with Gasteiger partial charge in [0.2, 0.25) is 0 Å². The molecule has 2 fully saturated rings. The van der Waals surface area contributed by atoms with Crippen molar-refractivity contribution < 1.29 is 0 Å². The van der Waals surface area contributed by atoms with E-state index < -0.39 is 0 Å². The summed E-state index contributed by atoms with van der Waals surface area (Å²) in [7, 11) is 0. The molecular formula is C10H20N2. The topological polar surface area (TPSA) is 38.0 Å². The minimum absolute atomic E-state index is 0.547. The Morgan fingerprint density at radius 2 is 2.00 bits per heavy atom. The van der Waals surface area contributed by atoms with E-state index in [2.05, 4.69) is 5.32 Å². The van der Waals surface area contributed by atoms with E-state index in [0.29, 0.717) is 5.54 Å². The molecule has 1 aliphatic carbocycles. The molecule has 3 N–H and O–H groups in total. The maximum absolute atomic E-state index is 5.67. The van der Waals surface area contributed by atoms with Crippen molar-refractivity contribution in [2.75, 3.05) is 13.1 Å². The minimum atomic E-state index is 0.547. The van der Waals surface area contributed by atoms with Gasteiger partial charge in [-0.25, -0.2) is 0 Å². The van der Waals surface area contributed by atoms with E-state index in [-0.39, 0.29) is 0 Å². The number of nitrogens with one attached hydrogen (secondary N) is 1. The van der Waals surface area contributed by atoms with E-state index in [4.69, 9.17) is 5.73 Å². The predicted octanol–water partition coefficient (Wildman–Crippen LogP) is 1.26. The monoisotopic (exact) mass is 168 g/mol. The van der Waals surface area contributed by atoms with Crippen LogP contribution < -0.4 is 11.1 Å². The van der Waals surface area contributed by atoms with Gasteiger partial charge in [0.1, 0.15) is 0 Å². The highest BCUT2D eigenvalue weighted by molar-refractivity contribution is 4.96. The van der Waals surface area contributed by atoms with Crippen LogP contribution >= 0.6 is 0 Å². The van der Waals surface area contributed by atoms with Gasteiger partial charge >= 0.3 is 0 Å². The second-order valence-electron chi connectivity index (χ2n) is 4.49. The van der Waals surface area contributed by atoms with Crippen molar-refractivity contribution in [1.29, 1.82) is 0 Å². The fourth-order valence-corrected chi connectivity index (χ4v) is 2.76. The van der Waals surface area contributed by atoms with E-state index in [9.17, 15) is 0 Å². The van der Waals surface area contributed by atoms with Gasteiger partial charge in [-0.15, -0.1) is 0 Å². The molecule has 2 nitrogen and oxygen atoms in total. The zero-order valence-corrected chi connectivity index (χ0v) is 7.81. The van der Waals surface area contributed by atoms with Crippen LogP contribution in [0.2, 0.25) is 0 Å². The Morgan fingerprint density at radius 1 is 1.25 bits per heavy atom. The molecule has 0 bridgehead atoms. The van der Waals surface area contributed by atoms with Crippen molar-refractivity contribution in [2.24, 2.45) is 11.7 Å². The lowest BCUT2D eigenvalue weighted by Crippen LogP contribution is -2.43. The van der Waals surface area contributed by atoms with Gasteiger partial charge in [0.15, 0.2) is 0 Å². The molecule has 2 rings (SSSR count). The Bertz CT molecular complexity index is 140. The van der Waals surface area contributed by atoms with Crippen molar-refractivity contribution in [2.45, 2.75) is 44.1 Å². The number of nitrogens with two attached hydrogens (primary N) is 1. The van der Waals surface area contributed by atoms with E-state index in [1.54, 1.807) is 0 Å². The quantitative estimate of drug-likeness (QED) is 0.618. The molecule has 0 radical (unpaired) electrons. The third kappa shape index (κ3) is 1.50. The molecule has 1 aliphatic heterocycles. The molecule has 12 heavy (non-hydrogen) atoms. The van der Waals surface area contributed by atoms with E-state index >= 15 is 0 Å². The highest BCUT2D eigenvalue weighted by Crippen LogP contribution is 2.37. The molecular weight excluding hydrogens is 148 g/mol. The SMILES string of the molecule is NCC1CCC2(CCCN2)CC1. The van der Waals surface area contributed by atoms with Crippen LogP contribution in [0.15, 0.2) is 0 Å². The summed E-state index contributed by atoms with van der Waals surface area (Å²) < 4.78 is 0. The molecule has 0 atom stereocenters. The largest absolute Gasteiger partial charge is 0.330 e. The van der Waals surface area contributed by atoms with Gasteiger partial charge < -0.3 is 11.1 Å². The first-order valence-electron chi connectivity index (χ1n) is 5.30. The van der Waals surface area contributed by atoms with Crippen LogP contribution in [0.5, 0.6) is 0 Å². The standard InChI is InChI=1S/C10H20N2/c11-8-9-2-5-10(6-3-9)4-1-7-12-10/h9,12H,1-8,11H2. The maximum Gasteiger partial charge on any atom is 0.0182 e. The molecule has 0 aromatic carbocycles. The smallest absolute Gasteiger partial charge is 0.0182 e. The molecule has 0 amide bonds. The van der Waals surface area contributed by atoms with Crippen molar-refractivity contribution in [3.63, 3.8) is 0 Å². The minimum Gasteiger partial charge on any atom is -0.330 e. The molecule has 2 aliphatic rings. The zero-order valence-electron chi connectivity index (χ0n) is 7.81. The lowest BCUT2D eigenvalue weighted by Gasteiger charge is -2.37. The van der Waals surface area contributed by atoms with E-state index in [0.717, 1.165) is 12.5 Å². The Balaban J connectivity index is 1.88.